The molecule has 3 rings (SSSR count). The summed E-state index contributed by atoms with van der Waals surface area (Å²) in [5, 5.41) is 19.6. The monoisotopic (exact) mass is 442 g/mol. The fourth-order valence-electron chi connectivity index (χ4n) is 3.47. The summed E-state index contributed by atoms with van der Waals surface area (Å²) in [6.45, 7) is 0.275. The highest BCUT2D eigenvalue weighted by Crippen LogP contribution is 2.36. The summed E-state index contributed by atoms with van der Waals surface area (Å²) in [5.74, 6) is -1.15. The van der Waals surface area contributed by atoms with Gasteiger partial charge in [0, 0.05) is 18.8 Å². The van der Waals surface area contributed by atoms with E-state index in [1.165, 1.54) is 12.1 Å². The molecular formula is C20H18F4N2O3S. The number of hydrogen-bond acceptors (Lipinski definition) is 5. The molecule has 1 saturated heterocycles. The van der Waals surface area contributed by atoms with E-state index in [0.29, 0.717) is 0 Å². The summed E-state index contributed by atoms with van der Waals surface area (Å²) in [6, 6.07) is 9.18. The number of alkyl halides is 3. The molecule has 1 aliphatic heterocycles. The van der Waals surface area contributed by atoms with Gasteiger partial charge in [-0.3, -0.25) is 0 Å². The number of nitriles is 1. The van der Waals surface area contributed by atoms with E-state index in [-0.39, 0.29) is 36.5 Å². The van der Waals surface area contributed by atoms with Gasteiger partial charge < -0.3 is 10.0 Å². The molecule has 1 fully saturated rings. The van der Waals surface area contributed by atoms with Gasteiger partial charge in [0.25, 0.3) is 0 Å². The predicted molar refractivity (Wildman–Crippen MR) is 101 cm³/mol. The molecule has 1 aliphatic rings. The molecule has 1 N–H and O–H groups in total. The summed E-state index contributed by atoms with van der Waals surface area (Å²) in [7, 11) is -3.87. The lowest BCUT2D eigenvalue weighted by Gasteiger charge is -2.39. The van der Waals surface area contributed by atoms with Crippen molar-refractivity contribution in [1.82, 2.24) is 0 Å². The molecule has 0 bridgehead atoms. The maximum absolute atomic E-state index is 13.2. The van der Waals surface area contributed by atoms with E-state index >= 15 is 0 Å². The van der Waals surface area contributed by atoms with Gasteiger partial charge >= 0.3 is 6.18 Å². The first-order valence-electron chi connectivity index (χ1n) is 9.01. The van der Waals surface area contributed by atoms with Crippen LogP contribution in [0.1, 0.15) is 24.0 Å². The van der Waals surface area contributed by atoms with Crippen LogP contribution in [-0.4, -0.2) is 38.0 Å². The van der Waals surface area contributed by atoms with E-state index in [4.69, 9.17) is 5.26 Å². The molecule has 0 spiro atoms. The Morgan fingerprint density at radius 2 is 1.70 bits per heavy atom. The van der Waals surface area contributed by atoms with Crippen LogP contribution in [0, 0.1) is 17.1 Å². The number of nitrogens with zero attached hydrogens (tertiary/aromatic N) is 2. The van der Waals surface area contributed by atoms with E-state index in [2.05, 4.69) is 0 Å². The van der Waals surface area contributed by atoms with Crippen molar-refractivity contribution in [3.05, 3.63) is 59.4 Å². The van der Waals surface area contributed by atoms with Crippen molar-refractivity contribution in [2.45, 2.75) is 29.5 Å². The number of rotatable bonds is 4. The van der Waals surface area contributed by atoms with Gasteiger partial charge in [0.1, 0.15) is 5.82 Å². The zero-order valence-electron chi connectivity index (χ0n) is 15.7. The first-order valence-corrected chi connectivity index (χ1v) is 10.7. The number of aliphatic hydroxyl groups is 1. The van der Waals surface area contributed by atoms with Crippen LogP contribution in [0.4, 0.5) is 23.2 Å². The molecule has 0 amide bonds. The molecule has 0 unspecified atom stereocenters. The fourth-order valence-corrected chi connectivity index (χ4v) is 5.18. The van der Waals surface area contributed by atoms with Gasteiger partial charge in [-0.25, -0.2) is 12.8 Å². The maximum atomic E-state index is 13.2. The van der Waals surface area contributed by atoms with E-state index in [1.807, 2.05) is 0 Å². The molecule has 30 heavy (non-hydrogen) atoms. The lowest BCUT2D eigenvalue weighted by Crippen LogP contribution is -2.48. The second-order valence-electron chi connectivity index (χ2n) is 7.26. The van der Waals surface area contributed by atoms with Crippen LogP contribution < -0.4 is 4.90 Å². The van der Waals surface area contributed by atoms with E-state index < -0.39 is 44.3 Å². The van der Waals surface area contributed by atoms with Crippen LogP contribution in [0.2, 0.25) is 0 Å². The van der Waals surface area contributed by atoms with Gasteiger partial charge in [-0.1, -0.05) is 0 Å². The van der Waals surface area contributed by atoms with Crippen molar-refractivity contribution in [3.8, 4) is 6.07 Å². The van der Waals surface area contributed by atoms with Crippen LogP contribution in [0.5, 0.6) is 0 Å². The van der Waals surface area contributed by atoms with Crippen LogP contribution in [0.25, 0.3) is 0 Å². The van der Waals surface area contributed by atoms with Crippen LogP contribution in [-0.2, 0) is 16.0 Å². The highest BCUT2D eigenvalue weighted by Gasteiger charge is 2.38. The van der Waals surface area contributed by atoms with Crippen molar-refractivity contribution >= 4 is 15.5 Å². The molecule has 0 aromatic heterocycles. The Bertz CT molecular complexity index is 1070. The zero-order chi connectivity index (χ0) is 22.2. The third-order valence-corrected chi connectivity index (χ3v) is 7.03. The number of sulfone groups is 1. The second-order valence-corrected chi connectivity index (χ2v) is 9.25. The minimum Gasteiger partial charge on any atom is -0.389 e. The standard InChI is InChI=1S/C20H18F4N2O3S/c21-15-2-5-17(6-3-15)30(28,29)13-19(27)7-9-26(10-8-19)16-4-1-14(12-25)18(11-16)20(22,23)24/h1-6,11,27H,7-10,13H2. The number of benzene rings is 2. The van der Waals surface area contributed by atoms with Gasteiger partial charge in [0.2, 0.25) is 0 Å². The van der Waals surface area contributed by atoms with Gasteiger partial charge in [0.15, 0.2) is 9.84 Å². The number of halogens is 4. The normalized spacial score (nSPS) is 16.9. The highest BCUT2D eigenvalue weighted by molar-refractivity contribution is 7.91. The van der Waals surface area contributed by atoms with Gasteiger partial charge in [-0.05, 0) is 55.3 Å². The summed E-state index contributed by atoms with van der Waals surface area (Å²) in [4.78, 5) is 1.50. The Morgan fingerprint density at radius 1 is 1.10 bits per heavy atom. The summed E-state index contributed by atoms with van der Waals surface area (Å²) in [6.07, 6.45) is -4.63. The highest BCUT2D eigenvalue weighted by atomic mass is 32.2. The third kappa shape index (κ3) is 4.74. The number of hydrogen-bond donors (Lipinski definition) is 1. The van der Waals surface area contributed by atoms with Crippen LogP contribution in [0.15, 0.2) is 47.4 Å². The van der Waals surface area contributed by atoms with Crippen molar-refractivity contribution in [1.29, 1.82) is 5.26 Å². The summed E-state index contributed by atoms with van der Waals surface area (Å²) >= 11 is 0. The minimum absolute atomic E-state index is 0.0226. The number of piperidine rings is 1. The molecule has 0 atom stereocenters. The largest absolute Gasteiger partial charge is 0.417 e. The Balaban J connectivity index is 1.74. The van der Waals surface area contributed by atoms with Crippen molar-refractivity contribution < 1.29 is 31.1 Å². The van der Waals surface area contributed by atoms with Gasteiger partial charge in [-0.15, -0.1) is 0 Å². The quantitative estimate of drug-likeness (QED) is 0.579. The predicted octanol–water partition coefficient (Wildman–Crippen LogP) is 3.52. The lowest BCUT2D eigenvalue weighted by molar-refractivity contribution is -0.137. The molecule has 0 aliphatic carbocycles. The summed E-state index contributed by atoms with van der Waals surface area (Å²) < 4.78 is 77.6. The smallest absolute Gasteiger partial charge is 0.389 e. The molecule has 0 radical (unpaired) electrons. The summed E-state index contributed by atoms with van der Waals surface area (Å²) in [5.41, 5.74) is -2.83. The minimum atomic E-state index is -4.68. The lowest BCUT2D eigenvalue weighted by atomic mass is 9.93. The van der Waals surface area contributed by atoms with E-state index in [1.54, 1.807) is 4.90 Å². The molecule has 160 valence electrons. The van der Waals surface area contributed by atoms with Crippen molar-refractivity contribution in [2.75, 3.05) is 23.7 Å². The van der Waals surface area contributed by atoms with Crippen molar-refractivity contribution in [3.63, 3.8) is 0 Å². The molecular weight excluding hydrogens is 424 g/mol. The first-order chi connectivity index (χ1) is 13.9. The van der Waals surface area contributed by atoms with Gasteiger partial charge in [0.05, 0.1) is 33.4 Å². The Labute approximate surface area is 171 Å². The van der Waals surface area contributed by atoms with Crippen LogP contribution in [0.3, 0.4) is 0 Å². The number of anilines is 1. The molecule has 2 aromatic carbocycles. The Morgan fingerprint density at radius 3 is 2.23 bits per heavy atom. The molecule has 0 saturated carbocycles. The molecule has 5 nitrogen and oxygen atoms in total. The fraction of sp³-hybridized carbons (Fsp3) is 0.350. The average Bonchev–Trinajstić information content (AvgIpc) is 2.67. The Hall–Kier alpha value is -2.64. The topological polar surface area (TPSA) is 81.4 Å². The first kappa shape index (κ1) is 22.1. The van der Waals surface area contributed by atoms with Crippen molar-refractivity contribution in [2.24, 2.45) is 0 Å². The Kier molecular flexibility index (Phi) is 5.80. The zero-order valence-corrected chi connectivity index (χ0v) is 16.5. The third-order valence-electron chi connectivity index (χ3n) is 5.12. The second kappa shape index (κ2) is 7.89. The maximum Gasteiger partial charge on any atom is 0.417 e. The molecule has 2 aromatic rings. The molecule has 1 heterocycles. The van der Waals surface area contributed by atoms with Crippen LogP contribution >= 0.6 is 0 Å². The molecule has 10 heteroatoms. The average molecular weight is 442 g/mol. The van der Waals surface area contributed by atoms with E-state index in [9.17, 15) is 31.1 Å². The van der Waals surface area contributed by atoms with Gasteiger partial charge in [-0.2, -0.15) is 18.4 Å². The van der Waals surface area contributed by atoms with E-state index in [0.717, 1.165) is 36.4 Å². The SMILES string of the molecule is N#Cc1ccc(N2CCC(O)(CS(=O)(=O)c3ccc(F)cc3)CC2)cc1C(F)(F)F.